The lowest BCUT2D eigenvalue weighted by Gasteiger charge is -2.13. The summed E-state index contributed by atoms with van der Waals surface area (Å²) < 4.78 is 108. The molecular weight excluding hydrogens is 468 g/mol. The number of alkyl halides is 3. The molecule has 12 heteroatoms. The van der Waals surface area contributed by atoms with E-state index < -0.39 is 87.9 Å². The SMILES string of the molecule is [2H]c1c([2H])c(NC(=O)Nc2c([2H])c([2H])c(Oc3ccnc(C(=O)NC)c3)c([2H])c2F)c([2H])c(C(F)(F)F)c1Cl. The van der Waals surface area contributed by atoms with Gasteiger partial charge in [0, 0.05) is 31.0 Å². The second-order valence-electron chi connectivity index (χ2n) is 5.97. The molecule has 7 nitrogen and oxygen atoms in total. The number of urea groups is 1. The van der Waals surface area contributed by atoms with Gasteiger partial charge in [-0.15, -0.1) is 0 Å². The van der Waals surface area contributed by atoms with Gasteiger partial charge in [0.25, 0.3) is 5.91 Å². The van der Waals surface area contributed by atoms with E-state index in [4.69, 9.17) is 24.6 Å². The minimum Gasteiger partial charge on any atom is -0.457 e. The van der Waals surface area contributed by atoms with Gasteiger partial charge in [0.1, 0.15) is 23.0 Å². The number of hydrogen-bond acceptors (Lipinski definition) is 4. The number of amides is 3. The molecule has 0 atom stereocenters. The zero-order valence-corrected chi connectivity index (χ0v) is 17.0. The van der Waals surface area contributed by atoms with Crippen molar-refractivity contribution in [2.45, 2.75) is 6.18 Å². The lowest BCUT2D eigenvalue weighted by Crippen LogP contribution is -2.20. The van der Waals surface area contributed by atoms with Crippen molar-refractivity contribution >= 4 is 34.9 Å². The number of aromatic nitrogens is 1. The van der Waals surface area contributed by atoms with Crippen LogP contribution in [-0.2, 0) is 6.18 Å². The Labute approximate surface area is 198 Å². The first kappa shape index (κ1) is 16.7. The number of rotatable bonds is 5. The monoisotopic (exact) mass is 488 g/mol. The number of ether oxygens (including phenoxy) is 1. The van der Waals surface area contributed by atoms with Crippen LogP contribution < -0.4 is 20.7 Å². The molecule has 0 saturated carbocycles. The fourth-order valence-corrected chi connectivity index (χ4v) is 2.46. The molecule has 33 heavy (non-hydrogen) atoms. The maximum absolute atomic E-state index is 15.0. The van der Waals surface area contributed by atoms with Crippen molar-refractivity contribution in [1.82, 2.24) is 10.3 Å². The molecule has 2 aromatic carbocycles. The van der Waals surface area contributed by atoms with Gasteiger partial charge in [-0.05, 0) is 36.3 Å². The Morgan fingerprint density at radius 1 is 1.12 bits per heavy atom. The van der Waals surface area contributed by atoms with Gasteiger partial charge in [0.15, 0.2) is 0 Å². The molecule has 1 aromatic heterocycles. The van der Waals surface area contributed by atoms with Crippen LogP contribution in [0.2, 0.25) is 5.02 Å². The van der Waals surface area contributed by atoms with E-state index in [2.05, 4.69) is 10.3 Å². The third-order valence-corrected chi connectivity index (χ3v) is 3.97. The first-order valence-corrected chi connectivity index (χ1v) is 9.07. The molecule has 3 aromatic rings. The minimum absolute atomic E-state index is 0.108. The topological polar surface area (TPSA) is 92.3 Å². The summed E-state index contributed by atoms with van der Waals surface area (Å²) in [6, 6.07) is -5.78. The molecule has 3 amide bonds. The van der Waals surface area contributed by atoms with Gasteiger partial charge >= 0.3 is 12.2 Å². The van der Waals surface area contributed by atoms with E-state index in [-0.39, 0.29) is 11.4 Å². The Morgan fingerprint density at radius 2 is 1.88 bits per heavy atom. The Balaban J connectivity index is 1.96. The second kappa shape index (κ2) is 9.74. The van der Waals surface area contributed by atoms with Gasteiger partial charge in [0.2, 0.25) is 0 Å². The number of hydrogen-bond donors (Lipinski definition) is 3. The highest BCUT2D eigenvalue weighted by molar-refractivity contribution is 6.31. The van der Waals surface area contributed by atoms with Crippen LogP contribution in [0.4, 0.5) is 33.7 Å². The van der Waals surface area contributed by atoms with E-state index in [9.17, 15) is 22.8 Å². The zero-order valence-electron chi connectivity index (χ0n) is 22.3. The molecule has 0 aliphatic carbocycles. The molecule has 3 rings (SSSR count). The van der Waals surface area contributed by atoms with Crippen molar-refractivity contribution in [3.63, 3.8) is 0 Å². The number of halogens is 5. The molecule has 1 heterocycles. The van der Waals surface area contributed by atoms with Crippen molar-refractivity contribution in [1.29, 1.82) is 0 Å². The molecule has 0 spiro atoms. The number of anilines is 2. The molecule has 0 aliphatic rings. The highest BCUT2D eigenvalue weighted by Gasteiger charge is 2.33. The van der Waals surface area contributed by atoms with Gasteiger partial charge in [-0.2, -0.15) is 13.2 Å². The maximum Gasteiger partial charge on any atom is 0.417 e. The molecule has 0 fully saturated rings. The summed E-state index contributed by atoms with van der Waals surface area (Å²) in [5.41, 5.74) is -4.01. The van der Waals surface area contributed by atoms with E-state index in [0.29, 0.717) is 0 Å². The van der Waals surface area contributed by atoms with E-state index in [0.717, 1.165) is 12.3 Å². The molecule has 0 unspecified atom stereocenters. The van der Waals surface area contributed by atoms with E-state index in [1.54, 1.807) is 10.6 Å². The summed E-state index contributed by atoms with van der Waals surface area (Å²) in [4.78, 5) is 28.0. The predicted molar refractivity (Wildman–Crippen MR) is 113 cm³/mol. The van der Waals surface area contributed by atoms with Crippen LogP contribution in [0.25, 0.3) is 0 Å². The highest BCUT2D eigenvalue weighted by Crippen LogP contribution is 2.36. The lowest BCUT2D eigenvalue weighted by atomic mass is 10.2. The maximum atomic E-state index is 15.0. The summed E-state index contributed by atoms with van der Waals surface area (Å²) in [5, 5.41) is 4.58. The number of carbonyl (C=O) groups excluding carboxylic acids is 2. The van der Waals surface area contributed by atoms with Crippen molar-refractivity contribution in [3.8, 4) is 11.5 Å². The fraction of sp³-hybridized carbons (Fsp3) is 0.0952. The average Bonchev–Trinajstić information content (AvgIpc) is 2.88. The smallest absolute Gasteiger partial charge is 0.417 e. The molecule has 0 radical (unpaired) electrons. The number of nitrogens with one attached hydrogen (secondary N) is 3. The minimum atomic E-state index is -5.21. The van der Waals surface area contributed by atoms with Crippen molar-refractivity contribution < 1.29 is 40.1 Å². The van der Waals surface area contributed by atoms with E-state index in [1.807, 2.05) is 0 Å². The average molecular weight is 489 g/mol. The summed E-state index contributed by atoms with van der Waals surface area (Å²) in [6.07, 6.45) is -4.05. The lowest BCUT2D eigenvalue weighted by molar-refractivity contribution is -0.137. The fourth-order valence-electron chi connectivity index (χ4n) is 2.26. The largest absolute Gasteiger partial charge is 0.457 e. The van der Waals surface area contributed by atoms with Crippen molar-refractivity contribution in [2.24, 2.45) is 0 Å². The summed E-state index contributed by atoms with van der Waals surface area (Å²) in [5.74, 6) is -3.05. The number of benzene rings is 2. The summed E-state index contributed by atoms with van der Waals surface area (Å²) in [7, 11) is 1.34. The summed E-state index contributed by atoms with van der Waals surface area (Å²) in [6.45, 7) is 0. The Morgan fingerprint density at radius 3 is 2.58 bits per heavy atom. The third kappa shape index (κ3) is 6.10. The van der Waals surface area contributed by atoms with E-state index >= 15 is 4.39 Å². The van der Waals surface area contributed by atoms with Crippen LogP contribution in [0.1, 0.15) is 24.3 Å². The molecule has 0 saturated heterocycles. The Hall–Kier alpha value is -3.86. The van der Waals surface area contributed by atoms with Gasteiger partial charge in [0.05, 0.1) is 24.5 Å². The summed E-state index contributed by atoms with van der Waals surface area (Å²) >= 11 is 5.48. The van der Waals surface area contributed by atoms with Gasteiger partial charge < -0.3 is 20.7 Å². The van der Waals surface area contributed by atoms with E-state index in [1.165, 1.54) is 13.1 Å². The van der Waals surface area contributed by atoms with Crippen LogP contribution in [-0.4, -0.2) is 24.0 Å². The number of pyridine rings is 1. The van der Waals surface area contributed by atoms with Crippen LogP contribution in [0, 0.1) is 5.82 Å². The third-order valence-electron chi connectivity index (χ3n) is 3.68. The van der Waals surface area contributed by atoms with Crippen LogP contribution in [0.15, 0.2) is 54.6 Å². The number of carbonyl (C=O) groups is 2. The number of nitrogens with zero attached hydrogens (tertiary/aromatic N) is 1. The van der Waals surface area contributed by atoms with Crippen molar-refractivity contribution in [2.75, 3.05) is 17.7 Å². The first-order valence-electron chi connectivity index (χ1n) is 11.7. The van der Waals surface area contributed by atoms with Gasteiger partial charge in [-0.1, -0.05) is 11.6 Å². The van der Waals surface area contributed by atoms with Gasteiger partial charge in [-0.3, -0.25) is 9.78 Å². The molecular formula is C21H15ClF4N4O3. The Kier molecular flexibility index (Phi) is 4.94. The van der Waals surface area contributed by atoms with Crippen LogP contribution in [0.5, 0.6) is 11.5 Å². The van der Waals surface area contributed by atoms with Crippen molar-refractivity contribution in [3.05, 3.63) is 76.7 Å². The standard InChI is InChI=1S/C21H15ClF4N4O3/c1-27-19(31)18-10-13(6-7-28-18)33-12-3-5-17(16(23)9-12)30-20(32)29-11-2-4-15(22)14(8-11)21(24,25)26/h2-10H,1H3,(H,27,31)(H2,29,30,32)/i2D,3D,4D,5D,8D,9D. The quantitative estimate of drug-likeness (QED) is 0.402. The van der Waals surface area contributed by atoms with Crippen LogP contribution >= 0.6 is 11.6 Å². The Bertz CT molecular complexity index is 1480. The zero-order chi connectivity index (χ0) is 29.4. The first-order chi connectivity index (χ1) is 18.1. The second-order valence-corrected chi connectivity index (χ2v) is 6.34. The van der Waals surface area contributed by atoms with Gasteiger partial charge in [-0.25, -0.2) is 9.18 Å². The highest BCUT2D eigenvalue weighted by atomic mass is 35.5. The molecule has 172 valence electrons. The normalized spacial score (nSPS) is 13.5. The van der Waals surface area contributed by atoms with Crippen LogP contribution in [0.3, 0.4) is 0 Å². The predicted octanol–water partition coefficient (Wildman–Crippen LogP) is 5.69. The molecule has 3 N–H and O–H groups in total. The molecule has 0 bridgehead atoms. The molecule has 0 aliphatic heterocycles.